The number of ether oxygens (including phenoxy) is 1. The zero-order valence-electron chi connectivity index (χ0n) is 11.0. The predicted octanol–water partition coefficient (Wildman–Crippen LogP) is 4.04. The summed E-state index contributed by atoms with van der Waals surface area (Å²) in [6, 6.07) is 0. The SMILES string of the molecule is C=CC(C)(C)C1CCOC(C(C)(C)C)C1. The van der Waals surface area contributed by atoms with Crippen LogP contribution < -0.4 is 0 Å². The fourth-order valence-corrected chi connectivity index (χ4v) is 2.24. The molecular formula is C14H26O. The van der Waals surface area contributed by atoms with Crippen LogP contribution in [-0.2, 0) is 4.74 Å². The van der Waals surface area contributed by atoms with Crippen molar-refractivity contribution in [1.29, 1.82) is 0 Å². The number of allylic oxidation sites excluding steroid dienone is 1. The summed E-state index contributed by atoms with van der Waals surface area (Å²) in [5, 5.41) is 0. The number of rotatable bonds is 2. The van der Waals surface area contributed by atoms with Crippen molar-refractivity contribution in [3.8, 4) is 0 Å². The van der Waals surface area contributed by atoms with E-state index in [4.69, 9.17) is 4.74 Å². The highest BCUT2D eigenvalue weighted by molar-refractivity contribution is 4.96. The van der Waals surface area contributed by atoms with Crippen LogP contribution in [0.2, 0.25) is 0 Å². The maximum Gasteiger partial charge on any atom is 0.0626 e. The maximum absolute atomic E-state index is 5.88. The van der Waals surface area contributed by atoms with E-state index in [0.29, 0.717) is 12.0 Å². The summed E-state index contributed by atoms with van der Waals surface area (Å²) >= 11 is 0. The molecule has 0 amide bonds. The average molecular weight is 210 g/mol. The van der Waals surface area contributed by atoms with Gasteiger partial charge in [-0.15, -0.1) is 6.58 Å². The molecule has 1 heteroatoms. The molecule has 1 fully saturated rings. The minimum atomic E-state index is 0.243. The first-order valence-corrected chi connectivity index (χ1v) is 6.02. The molecule has 15 heavy (non-hydrogen) atoms. The Morgan fingerprint density at radius 1 is 1.20 bits per heavy atom. The van der Waals surface area contributed by atoms with E-state index >= 15 is 0 Å². The summed E-state index contributed by atoms with van der Waals surface area (Å²) in [6.45, 7) is 16.2. The third-order valence-electron chi connectivity index (χ3n) is 3.83. The van der Waals surface area contributed by atoms with Crippen LogP contribution in [0.5, 0.6) is 0 Å². The Morgan fingerprint density at radius 2 is 1.80 bits per heavy atom. The van der Waals surface area contributed by atoms with Gasteiger partial charge in [0, 0.05) is 6.61 Å². The average Bonchev–Trinajstić information content (AvgIpc) is 2.17. The van der Waals surface area contributed by atoms with E-state index in [2.05, 4.69) is 47.3 Å². The third-order valence-corrected chi connectivity index (χ3v) is 3.83. The molecule has 1 saturated heterocycles. The molecule has 0 radical (unpaired) electrons. The largest absolute Gasteiger partial charge is 0.378 e. The van der Waals surface area contributed by atoms with E-state index in [9.17, 15) is 0 Å². The van der Waals surface area contributed by atoms with E-state index in [1.807, 2.05) is 0 Å². The van der Waals surface area contributed by atoms with Gasteiger partial charge in [0.05, 0.1) is 6.10 Å². The van der Waals surface area contributed by atoms with Crippen LogP contribution in [0.15, 0.2) is 12.7 Å². The minimum Gasteiger partial charge on any atom is -0.378 e. The molecular weight excluding hydrogens is 184 g/mol. The molecule has 1 rings (SSSR count). The van der Waals surface area contributed by atoms with Gasteiger partial charge in [-0.05, 0) is 29.6 Å². The van der Waals surface area contributed by atoms with E-state index in [1.165, 1.54) is 12.8 Å². The Kier molecular flexibility index (Phi) is 3.65. The summed E-state index contributed by atoms with van der Waals surface area (Å²) in [6.07, 6.45) is 4.84. The van der Waals surface area contributed by atoms with E-state index in [-0.39, 0.29) is 10.8 Å². The van der Waals surface area contributed by atoms with Gasteiger partial charge in [-0.1, -0.05) is 40.7 Å². The lowest BCUT2D eigenvalue weighted by molar-refractivity contribution is -0.0809. The summed E-state index contributed by atoms with van der Waals surface area (Å²) in [4.78, 5) is 0. The Bertz CT molecular complexity index is 222. The lowest BCUT2D eigenvalue weighted by Crippen LogP contribution is -2.39. The standard InChI is InChI=1S/C14H26O/c1-7-14(5,6)11-8-9-15-12(10-11)13(2,3)4/h7,11-12H,1,8-10H2,2-6H3. The van der Waals surface area contributed by atoms with Crippen LogP contribution in [-0.4, -0.2) is 12.7 Å². The highest BCUT2D eigenvalue weighted by Crippen LogP contribution is 2.41. The first kappa shape index (κ1) is 12.8. The van der Waals surface area contributed by atoms with Gasteiger partial charge in [0.1, 0.15) is 0 Å². The number of hydrogen-bond acceptors (Lipinski definition) is 1. The molecule has 0 saturated carbocycles. The third kappa shape index (κ3) is 3.07. The minimum absolute atomic E-state index is 0.243. The molecule has 1 nitrogen and oxygen atoms in total. The summed E-state index contributed by atoms with van der Waals surface area (Å²) in [7, 11) is 0. The van der Waals surface area contributed by atoms with Gasteiger partial charge >= 0.3 is 0 Å². The van der Waals surface area contributed by atoms with Crippen LogP contribution in [0.4, 0.5) is 0 Å². The van der Waals surface area contributed by atoms with Crippen LogP contribution in [0.1, 0.15) is 47.5 Å². The maximum atomic E-state index is 5.88. The van der Waals surface area contributed by atoms with Crippen molar-refractivity contribution in [2.24, 2.45) is 16.7 Å². The summed E-state index contributed by atoms with van der Waals surface area (Å²) in [5.41, 5.74) is 0.503. The molecule has 0 spiro atoms. The van der Waals surface area contributed by atoms with Crippen LogP contribution in [0.3, 0.4) is 0 Å². The first-order chi connectivity index (χ1) is 6.77. The van der Waals surface area contributed by atoms with Crippen molar-refractivity contribution < 1.29 is 4.74 Å². The van der Waals surface area contributed by atoms with Gasteiger partial charge in [0.2, 0.25) is 0 Å². The predicted molar refractivity (Wildman–Crippen MR) is 65.9 cm³/mol. The second-order valence-corrected chi connectivity index (χ2v) is 6.47. The monoisotopic (exact) mass is 210 g/mol. The molecule has 0 bridgehead atoms. The van der Waals surface area contributed by atoms with Gasteiger partial charge in [0.25, 0.3) is 0 Å². The molecule has 0 aromatic carbocycles. The van der Waals surface area contributed by atoms with Gasteiger partial charge < -0.3 is 4.74 Å². The van der Waals surface area contributed by atoms with Gasteiger partial charge in [0.15, 0.2) is 0 Å². The Hall–Kier alpha value is -0.300. The molecule has 0 aromatic heterocycles. The Balaban J connectivity index is 2.68. The second kappa shape index (κ2) is 4.29. The van der Waals surface area contributed by atoms with Crippen molar-refractivity contribution in [1.82, 2.24) is 0 Å². The van der Waals surface area contributed by atoms with Crippen LogP contribution in [0.25, 0.3) is 0 Å². The van der Waals surface area contributed by atoms with Crippen LogP contribution in [0, 0.1) is 16.7 Å². The molecule has 0 aromatic rings. The molecule has 0 N–H and O–H groups in total. The highest BCUT2D eigenvalue weighted by atomic mass is 16.5. The van der Waals surface area contributed by atoms with E-state index < -0.39 is 0 Å². The van der Waals surface area contributed by atoms with Crippen molar-refractivity contribution >= 4 is 0 Å². The van der Waals surface area contributed by atoms with Crippen molar-refractivity contribution in [3.63, 3.8) is 0 Å². The fraction of sp³-hybridized carbons (Fsp3) is 0.857. The van der Waals surface area contributed by atoms with Crippen LogP contribution >= 0.6 is 0 Å². The smallest absolute Gasteiger partial charge is 0.0626 e. The molecule has 2 unspecified atom stereocenters. The van der Waals surface area contributed by atoms with Crippen molar-refractivity contribution in [2.75, 3.05) is 6.61 Å². The first-order valence-electron chi connectivity index (χ1n) is 6.02. The Labute approximate surface area is 94.9 Å². The lowest BCUT2D eigenvalue weighted by Gasteiger charge is -2.42. The topological polar surface area (TPSA) is 9.23 Å². The Morgan fingerprint density at radius 3 is 2.27 bits per heavy atom. The second-order valence-electron chi connectivity index (χ2n) is 6.47. The van der Waals surface area contributed by atoms with Gasteiger partial charge in [-0.3, -0.25) is 0 Å². The summed E-state index contributed by atoms with van der Waals surface area (Å²) < 4.78 is 5.88. The quantitative estimate of drug-likeness (QED) is 0.625. The fourth-order valence-electron chi connectivity index (χ4n) is 2.24. The highest BCUT2D eigenvalue weighted by Gasteiger charge is 2.36. The number of hydrogen-bond donors (Lipinski definition) is 0. The molecule has 1 aliphatic rings. The molecule has 0 aliphatic carbocycles. The zero-order valence-corrected chi connectivity index (χ0v) is 11.0. The van der Waals surface area contributed by atoms with Crippen molar-refractivity contribution in [2.45, 2.75) is 53.6 Å². The van der Waals surface area contributed by atoms with E-state index in [0.717, 1.165) is 6.61 Å². The normalized spacial score (nSPS) is 28.9. The molecule has 2 atom stereocenters. The molecule has 1 heterocycles. The van der Waals surface area contributed by atoms with Gasteiger partial charge in [-0.25, -0.2) is 0 Å². The van der Waals surface area contributed by atoms with Crippen molar-refractivity contribution in [3.05, 3.63) is 12.7 Å². The van der Waals surface area contributed by atoms with Gasteiger partial charge in [-0.2, -0.15) is 0 Å². The lowest BCUT2D eigenvalue weighted by atomic mass is 9.70. The molecule has 88 valence electrons. The zero-order chi connectivity index (χ0) is 11.7. The molecule has 1 aliphatic heterocycles. The summed E-state index contributed by atoms with van der Waals surface area (Å²) in [5.74, 6) is 0.716. The van der Waals surface area contributed by atoms with E-state index in [1.54, 1.807) is 0 Å².